The molecule has 0 aliphatic rings. The van der Waals surface area contributed by atoms with E-state index in [9.17, 15) is 17.6 Å². The third-order valence-electron chi connectivity index (χ3n) is 1.40. The molecule has 0 spiro atoms. The Labute approximate surface area is 68.9 Å². The summed E-state index contributed by atoms with van der Waals surface area (Å²) in [6.07, 6.45) is -8.04. The van der Waals surface area contributed by atoms with Crippen LogP contribution in [0.4, 0.5) is 17.6 Å². The lowest BCUT2D eigenvalue weighted by atomic mass is 9.98. The van der Waals surface area contributed by atoms with Crippen molar-refractivity contribution in [2.45, 2.75) is 44.6 Å². The van der Waals surface area contributed by atoms with E-state index in [2.05, 4.69) is 0 Å². The summed E-state index contributed by atoms with van der Waals surface area (Å²) in [6.45, 7) is 3.13. The Bertz CT molecular complexity index is 135. The van der Waals surface area contributed by atoms with Gasteiger partial charge in [0.15, 0.2) is 6.17 Å². The molecule has 0 saturated carbocycles. The Morgan fingerprint density at radius 3 is 1.92 bits per heavy atom. The number of hydrogen-bond donors (Lipinski definition) is 1. The largest absolute Gasteiger partial charge is 0.419 e. The summed E-state index contributed by atoms with van der Waals surface area (Å²) < 4.78 is 47.1. The zero-order valence-corrected chi connectivity index (χ0v) is 7.08. The zero-order valence-electron chi connectivity index (χ0n) is 7.08. The molecule has 74 valence electrons. The van der Waals surface area contributed by atoms with Gasteiger partial charge in [0.25, 0.3) is 0 Å². The zero-order chi connectivity index (χ0) is 9.99. The summed E-state index contributed by atoms with van der Waals surface area (Å²) >= 11 is 0. The third-order valence-corrected chi connectivity index (χ3v) is 1.40. The van der Waals surface area contributed by atoms with Crippen LogP contribution in [0.5, 0.6) is 0 Å². The molecule has 0 heterocycles. The van der Waals surface area contributed by atoms with E-state index in [4.69, 9.17) is 5.73 Å². The molecular weight excluding hydrogens is 174 g/mol. The van der Waals surface area contributed by atoms with Gasteiger partial charge in [-0.3, -0.25) is 0 Å². The lowest BCUT2D eigenvalue weighted by molar-refractivity contribution is -0.182. The highest BCUT2D eigenvalue weighted by atomic mass is 19.4. The second-order valence-corrected chi connectivity index (χ2v) is 3.54. The number of alkyl halides is 4. The molecule has 0 amide bonds. The van der Waals surface area contributed by atoms with Crippen molar-refractivity contribution >= 4 is 0 Å². The number of halogens is 4. The Morgan fingerprint density at radius 1 is 1.25 bits per heavy atom. The SMILES string of the molecule is CC(C)(N)CCC(F)C(F)(F)F. The van der Waals surface area contributed by atoms with Crippen molar-refractivity contribution in [3.63, 3.8) is 0 Å². The molecule has 2 N–H and O–H groups in total. The summed E-state index contributed by atoms with van der Waals surface area (Å²) in [5.74, 6) is 0. The van der Waals surface area contributed by atoms with Crippen molar-refractivity contribution in [1.29, 1.82) is 0 Å². The molecule has 0 fully saturated rings. The summed E-state index contributed by atoms with van der Waals surface area (Å²) in [7, 11) is 0. The third kappa shape index (κ3) is 5.35. The Morgan fingerprint density at radius 2 is 1.67 bits per heavy atom. The van der Waals surface area contributed by atoms with E-state index in [1.807, 2.05) is 0 Å². The van der Waals surface area contributed by atoms with Crippen LogP contribution in [-0.2, 0) is 0 Å². The first-order valence-corrected chi connectivity index (χ1v) is 3.62. The van der Waals surface area contributed by atoms with Gasteiger partial charge in [0.1, 0.15) is 0 Å². The highest BCUT2D eigenvalue weighted by Crippen LogP contribution is 2.27. The predicted molar refractivity (Wildman–Crippen MR) is 38.5 cm³/mol. The smallest absolute Gasteiger partial charge is 0.326 e. The lowest BCUT2D eigenvalue weighted by Gasteiger charge is -2.20. The van der Waals surface area contributed by atoms with Crippen LogP contribution in [0, 0.1) is 0 Å². The van der Waals surface area contributed by atoms with Crippen molar-refractivity contribution in [3.8, 4) is 0 Å². The van der Waals surface area contributed by atoms with E-state index in [1.54, 1.807) is 13.8 Å². The normalized spacial score (nSPS) is 16.2. The predicted octanol–water partition coefficient (Wildman–Crippen LogP) is 2.40. The van der Waals surface area contributed by atoms with Crippen molar-refractivity contribution in [2.24, 2.45) is 5.73 Å². The molecule has 0 aromatic rings. The van der Waals surface area contributed by atoms with Crippen LogP contribution in [0.3, 0.4) is 0 Å². The van der Waals surface area contributed by atoms with E-state index >= 15 is 0 Å². The highest BCUT2D eigenvalue weighted by molar-refractivity contribution is 4.76. The van der Waals surface area contributed by atoms with Gasteiger partial charge in [-0.25, -0.2) is 4.39 Å². The summed E-state index contributed by atoms with van der Waals surface area (Å²) in [5, 5.41) is 0. The van der Waals surface area contributed by atoms with Gasteiger partial charge >= 0.3 is 6.18 Å². The Balaban J connectivity index is 3.80. The minimum atomic E-state index is -4.74. The molecule has 0 aromatic heterocycles. The fraction of sp³-hybridized carbons (Fsp3) is 1.00. The first-order chi connectivity index (χ1) is 5.13. The monoisotopic (exact) mass is 187 g/mol. The maximum atomic E-state index is 12.3. The van der Waals surface area contributed by atoms with Crippen molar-refractivity contribution in [1.82, 2.24) is 0 Å². The van der Waals surface area contributed by atoms with Gasteiger partial charge in [-0.1, -0.05) is 0 Å². The van der Waals surface area contributed by atoms with Gasteiger partial charge < -0.3 is 5.73 Å². The van der Waals surface area contributed by atoms with Crippen molar-refractivity contribution in [2.75, 3.05) is 0 Å². The Kier molecular flexibility index (Phi) is 3.50. The molecule has 0 aliphatic heterocycles. The first kappa shape index (κ1) is 11.7. The molecule has 1 nitrogen and oxygen atoms in total. The van der Waals surface area contributed by atoms with E-state index in [-0.39, 0.29) is 6.42 Å². The minimum Gasteiger partial charge on any atom is -0.326 e. The fourth-order valence-electron chi connectivity index (χ4n) is 0.662. The average Bonchev–Trinajstić information content (AvgIpc) is 1.78. The van der Waals surface area contributed by atoms with E-state index in [0.29, 0.717) is 0 Å². The fourth-order valence-corrected chi connectivity index (χ4v) is 0.662. The molecule has 5 heteroatoms. The molecule has 0 aromatic carbocycles. The summed E-state index contributed by atoms with van der Waals surface area (Å²) in [4.78, 5) is 0. The highest BCUT2D eigenvalue weighted by Gasteiger charge is 2.40. The van der Waals surface area contributed by atoms with Gasteiger partial charge in [-0.2, -0.15) is 13.2 Å². The molecular formula is C7H13F4N. The van der Waals surface area contributed by atoms with Crippen LogP contribution in [-0.4, -0.2) is 17.9 Å². The van der Waals surface area contributed by atoms with Crippen LogP contribution in [0.2, 0.25) is 0 Å². The van der Waals surface area contributed by atoms with E-state index in [1.165, 1.54) is 0 Å². The molecule has 0 bridgehead atoms. The lowest BCUT2D eigenvalue weighted by Crippen LogP contribution is -2.34. The molecule has 0 saturated heterocycles. The van der Waals surface area contributed by atoms with Crippen LogP contribution in [0.25, 0.3) is 0 Å². The summed E-state index contributed by atoms with van der Waals surface area (Å²) in [5.41, 5.74) is 4.65. The van der Waals surface area contributed by atoms with Crippen LogP contribution in [0.15, 0.2) is 0 Å². The second-order valence-electron chi connectivity index (χ2n) is 3.54. The molecule has 1 atom stereocenters. The number of rotatable bonds is 3. The Hall–Kier alpha value is -0.320. The van der Waals surface area contributed by atoms with Gasteiger partial charge in [0.05, 0.1) is 0 Å². The standard InChI is InChI=1S/C7H13F4N/c1-6(2,12)4-3-5(8)7(9,10)11/h5H,3-4,12H2,1-2H3. The van der Waals surface area contributed by atoms with Crippen LogP contribution >= 0.6 is 0 Å². The van der Waals surface area contributed by atoms with Gasteiger partial charge in [0, 0.05) is 5.54 Å². The number of nitrogens with two attached hydrogens (primary N) is 1. The quantitative estimate of drug-likeness (QED) is 0.674. The number of hydrogen-bond acceptors (Lipinski definition) is 1. The second kappa shape index (κ2) is 3.60. The van der Waals surface area contributed by atoms with Gasteiger partial charge in [0.2, 0.25) is 0 Å². The molecule has 12 heavy (non-hydrogen) atoms. The molecule has 0 aliphatic carbocycles. The van der Waals surface area contributed by atoms with Gasteiger partial charge in [-0.15, -0.1) is 0 Å². The maximum Gasteiger partial charge on any atom is 0.419 e. The van der Waals surface area contributed by atoms with Crippen LogP contribution < -0.4 is 5.73 Å². The van der Waals surface area contributed by atoms with Crippen molar-refractivity contribution < 1.29 is 17.6 Å². The minimum absolute atomic E-state index is 0.0215. The topological polar surface area (TPSA) is 26.0 Å². The maximum absolute atomic E-state index is 12.3. The first-order valence-electron chi connectivity index (χ1n) is 3.62. The van der Waals surface area contributed by atoms with E-state index in [0.717, 1.165) is 0 Å². The van der Waals surface area contributed by atoms with Gasteiger partial charge in [-0.05, 0) is 26.7 Å². The molecule has 0 radical (unpaired) electrons. The average molecular weight is 187 g/mol. The van der Waals surface area contributed by atoms with Crippen molar-refractivity contribution in [3.05, 3.63) is 0 Å². The van der Waals surface area contributed by atoms with E-state index < -0.39 is 24.3 Å². The van der Waals surface area contributed by atoms with Crippen LogP contribution in [0.1, 0.15) is 26.7 Å². The molecule has 1 unspecified atom stereocenters. The summed E-state index contributed by atoms with van der Waals surface area (Å²) in [6, 6.07) is 0. The molecule has 0 rings (SSSR count).